The second kappa shape index (κ2) is 9.42. The van der Waals surface area contributed by atoms with E-state index in [0.29, 0.717) is 55.6 Å². The Morgan fingerprint density at radius 3 is 2.65 bits per heavy atom. The summed E-state index contributed by atoms with van der Waals surface area (Å²) in [7, 11) is 1.87. The molecule has 2 aromatic rings. The van der Waals surface area contributed by atoms with Crippen LogP contribution in [-0.4, -0.2) is 66.9 Å². The Labute approximate surface area is 216 Å². The van der Waals surface area contributed by atoms with E-state index < -0.39 is 11.8 Å². The van der Waals surface area contributed by atoms with Crippen LogP contribution in [0, 0.1) is 0 Å². The molecule has 10 heteroatoms. The summed E-state index contributed by atoms with van der Waals surface area (Å²) >= 11 is 0. The van der Waals surface area contributed by atoms with Gasteiger partial charge in [-0.25, -0.2) is 4.79 Å². The van der Waals surface area contributed by atoms with Crippen molar-refractivity contribution in [3.8, 4) is 22.6 Å². The normalized spacial score (nSPS) is 18.8. The van der Waals surface area contributed by atoms with Crippen molar-refractivity contribution >= 4 is 23.4 Å². The Morgan fingerprint density at radius 1 is 1.14 bits per heavy atom. The Balaban J connectivity index is 1.28. The highest BCUT2D eigenvalue weighted by molar-refractivity contribution is 6.00. The van der Waals surface area contributed by atoms with Gasteiger partial charge in [-0.2, -0.15) is 0 Å². The van der Waals surface area contributed by atoms with Crippen molar-refractivity contribution in [3.63, 3.8) is 0 Å². The van der Waals surface area contributed by atoms with Crippen LogP contribution < -0.4 is 25.8 Å². The summed E-state index contributed by atoms with van der Waals surface area (Å²) in [6.07, 6.45) is -0.357. The largest absolute Gasteiger partial charge is 0.486 e. The van der Waals surface area contributed by atoms with Crippen LogP contribution in [0.15, 0.2) is 47.8 Å². The van der Waals surface area contributed by atoms with Crippen LogP contribution in [0.25, 0.3) is 11.1 Å². The van der Waals surface area contributed by atoms with Gasteiger partial charge in [0.25, 0.3) is 5.91 Å². The number of likely N-dealkylation sites (N-methyl/N-ethyl adjacent to an activating group) is 1. The highest BCUT2D eigenvalue weighted by Crippen LogP contribution is 2.38. The summed E-state index contributed by atoms with van der Waals surface area (Å²) in [5.74, 6) is 1.13. The van der Waals surface area contributed by atoms with Crippen molar-refractivity contribution in [3.05, 3.63) is 47.8 Å². The van der Waals surface area contributed by atoms with Gasteiger partial charge in [0.2, 0.25) is 0 Å². The van der Waals surface area contributed by atoms with E-state index in [0.717, 1.165) is 22.5 Å². The number of hydrogen-bond donors (Lipinski definition) is 3. The van der Waals surface area contributed by atoms with Gasteiger partial charge in [-0.1, -0.05) is 18.2 Å². The Hall–Kier alpha value is -4.08. The van der Waals surface area contributed by atoms with Crippen molar-refractivity contribution < 1.29 is 23.8 Å². The zero-order chi connectivity index (χ0) is 26.3. The van der Waals surface area contributed by atoms with Gasteiger partial charge >= 0.3 is 6.09 Å². The molecule has 3 aliphatic rings. The number of anilines is 2. The number of nitrogen functional groups attached to an aromatic ring is 1. The molecule has 1 unspecified atom stereocenters. The molecule has 4 N–H and O–H groups in total. The summed E-state index contributed by atoms with van der Waals surface area (Å²) in [5.41, 5.74) is 10.4. The lowest BCUT2D eigenvalue weighted by atomic mass is 10.0. The first-order valence-corrected chi connectivity index (χ1v) is 12.4. The zero-order valence-electron chi connectivity index (χ0n) is 21.6. The van der Waals surface area contributed by atoms with Crippen LogP contribution in [0.4, 0.5) is 16.2 Å². The Morgan fingerprint density at radius 2 is 1.89 bits per heavy atom. The number of para-hydroxylation sites is 1. The van der Waals surface area contributed by atoms with Crippen LogP contribution in [0.2, 0.25) is 0 Å². The molecule has 0 bridgehead atoms. The topological polar surface area (TPSA) is 118 Å². The van der Waals surface area contributed by atoms with E-state index in [1.165, 1.54) is 0 Å². The monoisotopic (exact) mass is 507 g/mol. The number of nitrogens with one attached hydrogen (secondary N) is 2. The standard InChI is InChI=1S/C27H33N5O5/c1-27(2,3)37-26(34)32-11-10-20-19(15-32)29-24(31(20)4)25(33)30-18-7-5-6-17(23(18)28)16-8-9-21-22(14-16)36-13-12-35-21/h5-9,14,24,29H,10-13,15,28H2,1-4H3,(H,30,33). The lowest BCUT2D eigenvalue weighted by molar-refractivity contribution is -0.120. The van der Waals surface area contributed by atoms with Gasteiger partial charge < -0.3 is 40.4 Å². The van der Waals surface area contributed by atoms with Gasteiger partial charge in [0, 0.05) is 31.3 Å². The number of carbonyl (C=O) groups is 2. The SMILES string of the molecule is CN1C2=C(CN(C(=O)OC(C)(C)C)CC2)NC1C(=O)Nc1cccc(-c2ccc3c(c2)OCCO3)c1N. The van der Waals surface area contributed by atoms with Gasteiger partial charge in [-0.05, 0) is 44.5 Å². The van der Waals surface area contributed by atoms with Crippen LogP contribution in [0.1, 0.15) is 27.2 Å². The van der Waals surface area contributed by atoms with Gasteiger partial charge in [0.15, 0.2) is 17.7 Å². The molecule has 0 aliphatic carbocycles. The first-order chi connectivity index (χ1) is 17.6. The zero-order valence-corrected chi connectivity index (χ0v) is 21.6. The van der Waals surface area contributed by atoms with Crippen LogP contribution in [0.3, 0.4) is 0 Å². The van der Waals surface area contributed by atoms with Crippen molar-refractivity contribution in [2.75, 3.05) is 44.4 Å². The van der Waals surface area contributed by atoms with Crippen molar-refractivity contribution in [1.29, 1.82) is 0 Å². The predicted molar refractivity (Wildman–Crippen MR) is 140 cm³/mol. The molecule has 3 heterocycles. The molecule has 0 spiro atoms. The first-order valence-electron chi connectivity index (χ1n) is 12.4. The maximum atomic E-state index is 13.3. The molecule has 5 rings (SSSR count). The molecule has 0 radical (unpaired) electrons. The van der Waals surface area contributed by atoms with Crippen molar-refractivity contribution in [1.82, 2.24) is 15.1 Å². The number of nitrogens with two attached hydrogens (primary N) is 1. The fourth-order valence-corrected chi connectivity index (χ4v) is 4.75. The molecule has 0 aromatic heterocycles. The van der Waals surface area contributed by atoms with Gasteiger partial charge in [0.05, 0.1) is 23.6 Å². The smallest absolute Gasteiger partial charge is 0.410 e. The van der Waals surface area contributed by atoms with Crippen molar-refractivity contribution in [2.45, 2.75) is 39.0 Å². The number of carbonyl (C=O) groups excluding carboxylic acids is 2. The van der Waals surface area contributed by atoms with Gasteiger partial charge in [-0.3, -0.25) is 4.79 Å². The molecule has 1 atom stereocenters. The number of rotatable bonds is 3. The molecule has 10 nitrogen and oxygen atoms in total. The average Bonchev–Trinajstić information content (AvgIpc) is 3.20. The fraction of sp³-hybridized carbons (Fsp3) is 0.407. The predicted octanol–water partition coefficient (Wildman–Crippen LogP) is 3.36. The third-order valence-corrected chi connectivity index (χ3v) is 6.56. The second-order valence-electron chi connectivity index (χ2n) is 10.3. The van der Waals surface area contributed by atoms with E-state index >= 15 is 0 Å². The number of hydrogen-bond acceptors (Lipinski definition) is 8. The van der Waals surface area contributed by atoms with Gasteiger partial charge in [-0.15, -0.1) is 0 Å². The summed E-state index contributed by atoms with van der Waals surface area (Å²) in [5, 5.41) is 6.26. The molecular weight excluding hydrogens is 474 g/mol. The highest BCUT2D eigenvalue weighted by Gasteiger charge is 2.38. The summed E-state index contributed by atoms with van der Waals surface area (Å²) < 4.78 is 16.8. The second-order valence-corrected chi connectivity index (χ2v) is 10.3. The van der Waals surface area contributed by atoms with Crippen molar-refractivity contribution in [2.24, 2.45) is 0 Å². The van der Waals surface area contributed by atoms with E-state index in [4.69, 9.17) is 19.9 Å². The molecule has 37 heavy (non-hydrogen) atoms. The summed E-state index contributed by atoms with van der Waals surface area (Å²) in [6, 6.07) is 11.2. The maximum Gasteiger partial charge on any atom is 0.410 e. The number of nitrogens with zero attached hydrogens (tertiary/aromatic N) is 2. The minimum atomic E-state index is -0.624. The minimum absolute atomic E-state index is 0.244. The number of benzene rings is 2. The van der Waals surface area contributed by atoms with E-state index in [1.54, 1.807) is 11.0 Å². The Bertz CT molecular complexity index is 1270. The molecule has 0 saturated heterocycles. The summed E-state index contributed by atoms with van der Waals surface area (Å²) in [4.78, 5) is 29.4. The third kappa shape index (κ3) is 4.96. The number of fused-ring (bicyclic) bond motifs is 1. The van der Waals surface area contributed by atoms with E-state index in [-0.39, 0.29) is 12.0 Å². The third-order valence-electron chi connectivity index (χ3n) is 6.56. The van der Waals surface area contributed by atoms with Crippen LogP contribution in [-0.2, 0) is 9.53 Å². The lowest BCUT2D eigenvalue weighted by Crippen LogP contribution is -2.45. The number of ether oxygens (including phenoxy) is 3. The maximum absolute atomic E-state index is 13.3. The Kier molecular flexibility index (Phi) is 6.26. The molecule has 0 fully saturated rings. The first kappa shape index (κ1) is 24.6. The summed E-state index contributed by atoms with van der Waals surface area (Å²) in [6.45, 7) is 7.44. The quantitative estimate of drug-likeness (QED) is 0.542. The number of amides is 2. The van der Waals surface area contributed by atoms with Crippen LogP contribution >= 0.6 is 0 Å². The molecule has 2 amide bonds. The minimum Gasteiger partial charge on any atom is -0.486 e. The van der Waals surface area contributed by atoms with E-state index in [9.17, 15) is 9.59 Å². The highest BCUT2D eigenvalue weighted by atomic mass is 16.6. The fourth-order valence-electron chi connectivity index (χ4n) is 4.75. The van der Waals surface area contributed by atoms with E-state index in [2.05, 4.69) is 10.6 Å². The molecule has 196 valence electrons. The average molecular weight is 508 g/mol. The molecule has 2 aromatic carbocycles. The van der Waals surface area contributed by atoms with Crippen LogP contribution in [0.5, 0.6) is 11.5 Å². The molecule has 3 aliphatic heterocycles. The van der Waals surface area contributed by atoms with E-state index in [1.807, 2.05) is 63.1 Å². The lowest BCUT2D eigenvalue weighted by Gasteiger charge is -2.31. The molecular formula is C27H33N5O5. The van der Waals surface area contributed by atoms with Gasteiger partial charge in [0.1, 0.15) is 18.8 Å². The molecule has 0 saturated carbocycles.